The minimum atomic E-state index is -0.109. The van der Waals surface area contributed by atoms with Crippen LogP contribution in [0.2, 0.25) is 0 Å². The van der Waals surface area contributed by atoms with Gasteiger partial charge in [-0.05, 0) is 48.7 Å². The number of carbonyl (C=O) groups is 2. The number of hydrogen-bond donors (Lipinski definition) is 1. The van der Waals surface area contributed by atoms with Gasteiger partial charge in [0, 0.05) is 35.4 Å². The summed E-state index contributed by atoms with van der Waals surface area (Å²) in [5.74, 6) is 0.0222. The van der Waals surface area contributed by atoms with Crippen LogP contribution in [0.25, 0.3) is 0 Å². The molecule has 1 atom stereocenters. The number of hydrogen-bond acceptors (Lipinski definition) is 2. The van der Waals surface area contributed by atoms with Crippen LogP contribution in [0.3, 0.4) is 0 Å². The minimum Gasteiger partial charge on any atom is -0.336 e. The van der Waals surface area contributed by atoms with Crippen LogP contribution in [0, 0.1) is 0 Å². The van der Waals surface area contributed by atoms with Crippen LogP contribution >= 0.6 is 15.9 Å². The SMILES string of the molecule is O=C1NCCN1c1cccc(C(=O)N2CCCC2c2cccc(Br)c2)c1. The summed E-state index contributed by atoms with van der Waals surface area (Å²) in [4.78, 5) is 28.7. The number of rotatable bonds is 3. The molecule has 0 aliphatic carbocycles. The van der Waals surface area contributed by atoms with Crippen LogP contribution in [0.15, 0.2) is 53.0 Å². The number of halogens is 1. The highest BCUT2D eigenvalue weighted by Gasteiger charge is 2.31. The van der Waals surface area contributed by atoms with E-state index in [4.69, 9.17) is 0 Å². The molecule has 0 spiro atoms. The van der Waals surface area contributed by atoms with Crippen LogP contribution in [-0.4, -0.2) is 36.5 Å². The van der Waals surface area contributed by atoms with E-state index in [-0.39, 0.29) is 18.0 Å². The summed E-state index contributed by atoms with van der Waals surface area (Å²) < 4.78 is 1.02. The molecule has 2 aliphatic rings. The van der Waals surface area contributed by atoms with Gasteiger partial charge in [-0.15, -0.1) is 0 Å². The molecule has 2 saturated heterocycles. The standard InChI is InChI=1S/C20H20BrN3O2/c21-16-6-1-4-14(12-16)18-8-3-10-24(18)19(25)15-5-2-7-17(13-15)23-11-9-22-20(23)26/h1-2,4-7,12-13,18H,3,8-11H2,(H,22,26). The number of nitrogens with one attached hydrogen (secondary N) is 1. The van der Waals surface area contributed by atoms with Gasteiger partial charge in [-0.1, -0.05) is 34.1 Å². The highest BCUT2D eigenvalue weighted by molar-refractivity contribution is 9.10. The molecule has 3 amide bonds. The van der Waals surface area contributed by atoms with Gasteiger partial charge >= 0.3 is 6.03 Å². The zero-order valence-electron chi connectivity index (χ0n) is 14.3. The normalized spacial score (nSPS) is 19.7. The summed E-state index contributed by atoms with van der Waals surface area (Å²) in [5, 5.41) is 2.79. The summed E-state index contributed by atoms with van der Waals surface area (Å²) in [6.45, 7) is 2.01. The van der Waals surface area contributed by atoms with Gasteiger partial charge < -0.3 is 10.2 Å². The van der Waals surface area contributed by atoms with E-state index in [1.165, 1.54) is 0 Å². The van der Waals surface area contributed by atoms with E-state index in [1.807, 2.05) is 41.3 Å². The first-order valence-electron chi connectivity index (χ1n) is 8.85. The van der Waals surface area contributed by atoms with Crippen molar-refractivity contribution in [1.82, 2.24) is 10.2 Å². The first-order valence-corrected chi connectivity index (χ1v) is 9.64. The van der Waals surface area contributed by atoms with Crippen molar-refractivity contribution in [1.29, 1.82) is 0 Å². The molecule has 4 rings (SSSR count). The minimum absolute atomic E-state index is 0.0222. The van der Waals surface area contributed by atoms with Crippen LogP contribution in [-0.2, 0) is 0 Å². The number of urea groups is 1. The molecule has 134 valence electrons. The van der Waals surface area contributed by atoms with Gasteiger partial charge in [0.15, 0.2) is 0 Å². The average molecular weight is 414 g/mol. The highest BCUT2D eigenvalue weighted by Crippen LogP contribution is 2.34. The second-order valence-electron chi connectivity index (χ2n) is 6.65. The molecule has 0 bridgehead atoms. The van der Waals surface area contributed by atoms with E-state index in [2.05, 4.69) is 33.4 Å². The van der Waals surface area contributed by atoms with Crippen LogP contribution in [0.1, 0.15) is 34.8 Å². The average Bonchev–Trinajstić information content (AvgIpc) is 3.30. The van der Waals surface area contributed by atoms with Gasteiger partial charge in [-0.25, -0.2) is 4.79 Å². The van der Waals surface area contributed by atoms with Crippen LogP contribution < -0.4 is 10.2 Å². The zero-order valence-corrected chi connectivity index (χ0v) is 15.9. The molecule has 1 N–H and O–H groups in total. The molecule has 0 radical (unpaired) electrons. The van der Waals surface area contributed by atoms with Crippen molar-refractivity contribution < 1.29 is 9.59 Å². The van der Waals surface area contributed by atoms with Gasteiger partial charge in [0.05, 0.1) is 6.04 Å². The molecule has 2 aromatic carbocycles. The van der Waals surface area contributed by atoms with Gasteiger partial charge in [-0.2, -0.15) is 0 Å². The van der Waals surface area contributed by atoms with Gasteiger partial charge in [0.25, 0.3) is 5.91 Å². The first kappa shape index (κ1) is 17.1. The second kappa shape index (κ2) is 7.11. The largest absolute Gasteiger partial charge is 0.336 e. The van der Waals surface area contributed by atoms with Crippen LogP contribution in [0.5, 0.6) is 0 Å². The Hall–Kier alpha value is -2.34. The maximum absolute atomic E-state index is 13.2. The molecule has 2 heterocycles. The maximum atomic E-state index is 13.2. The molecule has 6 heteroatoms. The fourth-order valence-corrected chi connectivity index (χ4v) is 4.18. The molecule has 0 aromatic heterocycles. The van der Waals surface area contributed by atoms with Crippen molar-refractivity contribution in [3.63, 3.8) is 0 Å². The van der Waals surface area contributed by atoms with Crippen molar-refractivity contribution in [3.05, 3.63) is 64.1 Å². The predicted octanol–water partition coefficient (Wildman–Crippen LogP) is 3.96. The van der Waals surface area contributed by atoms with Crippen molar-refractivity contribution in [2.45, 2.75) is 18.9 Å². The Morgan fingerprint density at radius 1 is 1.12 bits per heavy atom. The Morgan fingerprint density at radius 3 is 2.73 bits per heavy atom. The third kappa shape index (κ3) is 3.21. The van der Waals surface area contributed by atoms with Crippen molar-refractivity contribution >= 4 is 33.6 Å². The summed E-state index contributed by atoms with van der Waals surface area (Å²) in [7, 11) is 0. The van der Waals surface area contributed by atoms with E-state index < -0.39 is 0 Å². The maximum Gasteiger partial charge on any atom is 0.321 e. The van der Waals surface area contributed by atoms with E-state index in [0.29, 0.717) is 18.7 Å². The monoisotopic (exact) mass is 413 g/mol. The lowest BCUT2D eigenvalue weighted by atomic mass is 10.0. The Bertz CT molecular complexity index is 854. The van der Waals surface area contributed by atoms with Gasteiger partial charge in [-0.3, -0.25) is 9.69 Å². The topological polar surface area (TPSA) is 52.7 Å². The van der Waals surface area contributed by atoms with Crippen LogP contribution in [0.4, 0.5) is 10.5 Å². The van der Waals surface area contributed by atoms with Crippen molar-refractivity contribution in [3.8, 4) is 0 Å². The van der Waals surface area contributed by atoms with E-state index in [1.54, 1.807) is 4.90 Å². The Kier molecular flexibility index (Phi) is 4.68. The molecular formula is C20H20BrN3O2. The smallest absolute Gasteiger partial charge is 0.321 e. The van der Waals surface area contributed by atoms with Crippen molar-refractivity contribution in [2.24, 2.45) is 0 Å². The number of likely N-dealkylation sites (tertiary alicyclic amines) is 1. The summed E-state index contributed by atoms with van der Waals surface area (Å²) in [6, 6.07) is 15.5. The third-order valence-corrected chi connectivity index (χ3v) is 5.50. The Morgan fingerprint density at radius 2 is 1.96 bits per heavy atom. The lowest BCUT2D eigenvalue weighted by Gasteiger charge is -2.26. The number of amides is 3. The van der Waals surface area contributed by atoms with E-state index >= 15 is 0 Å². The Labute approximate surface area is 161 Å². The number of carbonyl (C=O) groups excluding carboxylic acids is 2. The van der Waals surface area contributed by atoms with Crippen molar-refractivity contribution in [2.75, 3.05) is 24.5 Å². The lowest BCUT2D eigenvalue weighted by molar-refractivity contribution is 0.0735. The zero-order chi connectivity index (χ0) is 18.1. The lowest BCUT2D eigenvalue weighted by Crippen LogP contribution is -2.31. The molecule has 2 fully saturated rings. The van der Waals surface area contributed by atoms with Gasteiger partial charge in [0.1, 0.15) is 0 Å². The quantitative estimate of drug-likeness (QED) is 0.827. The fourth-order valence-electron chi connectivity index (χ4n) is 3.76. The molecule has 2 aliphatic heterocycles. The molecule has 0 saturated carbocycles. The Balaban J connectivity index is 1.60. The summed E-state index contributed by atoms with van der Waals surface area (Å²) in [5.41, 5.74) is 2.55. The first-order chi connectivity index (χ1) is 12.6. The predicted molar refractivity (Wildman–Crippen MR) is 104 cm³/mol. The van der Waals surface area contributed by atoms with E-state index in [0.717, 1.165) is 35.1 Å². The number of nitrogens with zero attached hydrogens (tertiary/aromatic N) is 2. The third-order valence-electron chi connectivity index (χ3n) is 5.01. The fraction of sp³-hybridized carbons (Fsp3) is 0.300. The van der Waals surface area contributed by atoms with Gasteiger partial charge in [0.2, 0.25) is 0 Å². The summed E-state index contributed by atoms with van der Waals surface area (Å²) >= 11 is 3.52. The molecule has 26 heavy (non-hydrogen) atoms. The number of anilines is 1. The molecule has 2 aromatic rings. The molecule has 5 nitrogen and oxygen atoms in total. The highest BCUT2D eigenvalue weighted by atomic mass is 79.9. The summed E-state index contributed by atoms with van der Waals surface area (Å²) in [6.07, 6.45) is 1.97. The molecular weight excluding hydrogens is 394 g/mol. The van der Waals surface area contributed by atoms with E-state index in [9.17, 15) is 9.59 Å². The molecule has 1 unspecified atom stereocenters. The number of benzene rings is 2. The second-order valence-corrected chi connectivity index (χ2v) is 7.56.